The Morgan fingerprint density at radius 1 is 1.31 bits per heavy atom. The van der Waals surface area contributed by atoms with Crippen molar-refractivity contribution in [3.63, 3.8) is 0 Å². The van der Waals surface area contributed by atoms with Crippen molar-refractivity contribution >= 4 is 46.4 Å². The van der Waals surface area contributed by atoms with Crippen molar-refractivity contribution in [3.8, 4) is 6.07 Å². The van der Waals surface area contributed by atoms with Crippen LogP contribution in [0.3, 0.4) is 0 Å². The van der Waals surface area contributed by atoms with Gasteiger partial charge in [0.2, 0.25) is 0 Å². The lowest BCUT2D eigenvalue weighted by molar-refractivity contribution is 1.42. The third kappa shape index (κ3) is 2.25. The lowest BCUT2D eigenvalue weighted by Gasteiger charge is -2.05. The second kappa shape index (κ2) is 4.66. The Morgan fingerprint density at radius 3 is 2.75 bits per heavy atom. The van der Waals surface area contributed by atoms with E-state index >= 15 is 0 Å². The highest BCUT2D eigenvalue weighted by molar-refractivity contribution is 6.99. The van der Waals surface area contributed by atoms with Crippen LogP contribution in [-0.4, -0.2) is 8.75 Å². The summed E-state index contributed by atoms with van der Waals surface area (Å²) in [7, 11) is 0. The molecule has 0 aliphatic rings. The molecule has 0 saturated carbocycles. The monoisotopic (exact) mass is 270 g/mol. The zero-order chi connectivity index (χ0) is 11.5. The van der Waals surface area contributed by atoms with Crippen LogP contribution in [0.2, 0.25) is 10.2 Å². The van der Waals surface area contributed by atoms with E-state index in [0.717, 1.165) is 11.7 Å². The Balaban J connectivity index is 2.38. The first kappa shape index (κ1) is 11.1. The first-order chi connectivity index (χ1) is 7.70. The molecule has 1 N–H and O–H groups in total. The molecule has 2 aromatic rings. The molecule has 0 radical (unpaired) electrons. The maximum atomic E-state index is 8.91. The zero-order valence-electron chi connectivity index (χ0n) is 7.74. The summed E-state index contributed by atoms with van der Waals surface area (Å²) in [6.45, 7) is 0. The number of rotatable bonds is 2. The van der Waals surface area contributed by atoms with Gasteiger partial charge in [-0.15, -0.1) is 0 Å². The molecular weight excluding hydrogens is 267 g/mol. The SMILES string of the molecule is N#Cc1ccc(Cl)cc1Nc1nsnc1Cl. The fourth-order valence-corrected chi connectivity index (χ4v) is 1.91. The third-order valence-corrected chi connectivity index (χ3v) is 2.93. The predicted octanol–water partition coefficient (Wildman–Crippen LogP) is 3.46. The topological polar surface area (TPSA) is 61.6 Å². The Morgan fingerprint density at radius 2 is 2.12 bits per heavy atom. The summed E-state index contributed by atoms with van der Waals surface area (Å²) in [5.74, 6) is 0.422. The van der Waals surface area contributed by atoms with E-state index in [4.69, 9.17) is 28.5 Å². The smallest absolute Gasteiger partial charge is 0.187 e. The number of benzene rings is 1. The lowest BCUT2D eigenvalue weighted by atomic mass is 10.2. The normalized spacial score (nSPS) is 9.81. The van der Waals surface area contributed by atoms with Gasteiger partial charge in [0.15, 0.2) is 11.0 Å². The lowest BCUT2D eigenvalue weighted by Crippen LogP contribution is -1.94. The Hall–Kier alpha value is -1.35. The van der Waals surface area contributed by atoms with Gasteiger partial charge in [-0.2, -0.15) is 14.0 Å². The van der Waals surface area contributed by atoms with E-state index in [-0.39, 0.29) is 5.15 Å². The quantitative estimate of drug-likeness (QED) is 0.908. The summed E-state index contributed by atoms with van der Waals surface area (Å²) in [5, 5.41) is 12.6. The number of nitriles is 1. The van der Waals surface area contributed by atoms with E-state index in [1.807, 2.05) is 6.07 Å². The maximum absolute atomic E-state index is 8.91. The number of hydrogen-bond donors (Lipinski definition) is 1. The average molecular weight is 271 g/mol. The molecule has 1 heterocycles. The molecule has 0 spiro atoms. The summed E-state index contributed by atoms with van der Waals surface area (Å²) in [6.07, 6.45) is 0. The molecule has 16 heavy (non-hydrogen) atoms. The first-order valence-corrected chi connectivity index (χ1v) is 5.64. The van der Waals surface area contributed by atoms with Gasteiger partial charge in [-0.1, -0.05) is 23.2 Å². The van der Waals surface area contributed by atoms with E-state index in [1.54, 1.807) is 18.2 Å². The molecule has 4 nitrogen and oxygen atoms in total. The maximum Gasteiger partial charge on any atom is 0.187 e. The molecule has 0 atom stereocenters. The zero-order valence-corrected chi connectivity index (χ0v) is 10.1. The summed E-state index contributed by atoms with van der Waals surface area (Å²) < 4.78 is 7.76. The number of nitrogens with one attached hydrogen (secondary N) is 1. The highest BCUT2D eigenvalue weighted by Gasteiger charge is 2.08. The highest BCUT2D eigenvalue weighted by Crippen LogP contribution is 2.27. The molecule has 0 unspecified atom stereocenters. The molecule has 0 aliphatic carbocycles. The van der Waals surface area contributed by atoms with Gasteiger partial charge in [-0.25, -0.2) is 0 Å². The Kier molecular flexibility index (Phi) is 3.25. The molecule has 0 fully saturated rings. The fourth-order valence-electron chi connectivity index (χ4n) is 1.10. The molecule has 0 aliphatic heterocycles. The number of anilines is 2. The van der Waals surface area contributed by atoms with Gasteiger partial charge in [0, 0.05) is 5.02 Å². The van der Waals surface area contributed by atoms with Gasteiger partial charge in [-0.3, -0.25) is 0 Å². The van der Waals surface area contributed by atoms with Gasteiger partial charge in [-0.05, 0) is 18.2 Å². The van der Waals surface area contributed by atoms with Crippen LogP contribution in [0.15, 0.2) is 18.2 Å². The van der Waals surface area contributed by atoms with Crippen LogP contribution in [0.4, 0.5) is 11.5 Å². The van der Waals surface area contributed by atoms with Crippen LogP contribution >= 0.6 is 34.9 Å². The van der Waals surface area contributed by atoms with E-state index in [2.05, 4.69) is 14.1 Å². The van der Waals surface area contributed by atoms with Crippen LogP contribution in [0.5, 0.6) is 0 Å². The van der Waals surface area contributed by atoms with Crippen molar-refractivity contribution < 1.29 is 0 Å². The largest absolute Gasteiger partial charge is 0.336 e. The number of aromatic nitrogens is 2. The number of hydrogen-bond acceptors (Lipinski definition) is 5. The molecule has 0 saturated heterocycles. The van der Waals surface area contributed by atoms with Gasteiger partial charge in [0.25, 0.3) is 0 Å². The average Bonchev–Trinajstić information content (AvgIpc) is 2.65. The van der Waals surface area contributed by atoms with Crippen molar-refractivity contribution in [2.75, 3.05) is 5.32 Å². The minimum Gasteiger partial charge on any atom is -0.336 e. The molecule has 1 aromatic heterocycles. The third-order valence-electron chi connectivity index (χ3n) is 1.80. The van der Waals surface area contributed by atoms with Crippen molar-refractivity contribution in [1.82, 2.24) is 8.75 Å². The fraction of sp³-hybridized carbons (Fsp3) is 0. The summed E-state index contributed by atoms with van der Waals surface area (Å²) in [6, 6.07) is 6.95. The van der Waals surface area contributed by atoms with Crippen molar-refractivity contribution in [3.05, 3.63) is 33.9 Å². The first-order valence-electron chi connectivity index (χ1n) is 4.15. The van der Waals surface area contributed by atoms with Crippen molar-refractivity contribution in [2.45, 2.75) is 0 Å². The highest BCUT2D eigenvalue weighted by atomic mass is 35.5. The molecule has 1 aromatic carbocycles. The van der Waals surface area contributed by atoms with E-state index in [9.17, 15) is 0 Å². The van der Waals surface area contributed by atoms with Crippen LogP contribution in [0, 0.1) is 11.3 Å². The molecule has 0 bridgehead atoms. The Bertz CT molecular complexity index is 561. The van der Waals surface area contributed by atoms with Crippen LogP contribution < -0.4 is 5.32 Å². The number of halogens is 2. The minimum absolute atomic E-state index is 0.272. The number of nitrogens with zero attached hydrogens (tertiary/aromatic N) is 3. The second-order valence-corrected chi connectivity index (χ2v) is 4.15. The van der Waals surface area contributed by atoms with E-state index in [1.165, 1.54) is 0 Å². The van der Waals surface area contributed by atoms with Gasteiger partial charge < -0.3 is 5.32 Å². The molecule has 2 rings (SSSR count). The van der Waals surface area contributed by atoms with Crippen molar-refractivity contribution in [2.24, 2.45) is 0 Å². The molecular formula is C9H4Cl2N4S. The van der Waals surface area contributed by atoms with Crippen molar-refractivity contribution in [1.29, 1.82) is 5.26 Å². The standard InChI is InChI=1S/C9H4Cl2N4S/c10-6-2-1-5(4-12)7(3-6)13-9-8(11)14-16-15-9/h1-3H,(H,13,15). The van der Waals surface area contributed by atoms with E-state index in [0.29, 0.717) is 22.1 Å². The van der Waals surface area contributed by atoms with Gasteiger partial charge >= 0.3 is 0 Å². The van der Waals surface area contributed by atoms with E-state index < -0.39 is 0 Å². The minimum atomic E-state index is 0.272. The summed E-state index contributed by atoms with van der Waals surface area (Å²) in [4.78, 5) is 0. The summed E-state index contributed by atoms with van der Waals surface area (Å²) in [5.41, 5.74) is 1.03. The van der Waals surface area contributed by atoms with Crippen LogP contribution in [0.1, 0.15) is 5.56 Å². The van der Waals surface area contributed by atoms with Gasteiger partial charge in [0.05, 0.1) is 23.0 Å². The molecule has 0 amide bonds. The van der Waals surface area contributed by atoms with Crippen LogP contribution in [-0.2, 0) is 0 Å². The molecule has 80 valence electrons. The predicted molar refractivity (Wildman–Crippen MR) is 64.4 cm³/mol. The summed E-state index contributed by atoms with van der Waals surface area (Å²) >= 11 is 12.6. The Labute approximate surface area is 106 Å². The second-order valence-electron chi connectivity index (χ2n) is 2.83. The van der Waals surface area contributed by atoms with Crippen LogP contribution in [0.25, 0.3) is 0 Å². The molecule has 7 heteroatoms. The van der Waals surface area contributed by atoms with Gasteiger partial charge in [0.1, 0.15) is 6.07 Å².